The molecule has 0 bridgehead atoms. The third-order valence-electron chi connectivity index (χ3n) is 3.00. The Morgan fingerprint density at radius 2 is 1.53 bits per heavy atom. The Hall–Kier alpha value is -1.58. The summed E-state index contributed by atoms with van der Waals surface area (Å²) in [7, 11) is 0. The highest BCUT2D eigenvalue weighted by atomic mass is 32.2. The molecule has 0 aliphatic carbocycles. The number of hydrogen-bond acceptors (Lipinski definition) is 2. The van der Waals surface area contributed by atoms with Gasteiger partial charge in [-0.15, -0.1) is 0 Å². The summed E-state index contributed by atoms with van der Waals surface area (Å²) in [6.07, 6.45) is 2.24. The molecule has 2 aromatic rings. The normalized spacial score (nSPS) is 18.6. The largest absolute Gasteiger partial charge is 0.341 e. The number of thiocarbonyl (C=S) groups is 1. The zero-order valence-corrected chi connectivity index (χ0v) is 11.9. The average Bonchev–Trinajstić information content (AvgIpc) is 2.48. The topological polar surface area (TPSA) is 12.0 Å². The lowest BCUT2D eigenvalue weighted by atomic mass is 10.1. The second-order valence-electron chi connectivity index (χ2n) is 4.31. The summed E-state index contributed by atoms with van der Waals surface area (Å²) in [5.74, 6) is 0. The van der Waals surface area contributed by atoms with Crippen molar-refractivity contribution in [3.05, 3.63) is 77.9 Å². The first kappa shape index (κ1) is 12.5. The fraction of sp³-hybridized carbons (Fsp3) is 0.0625. The van der Waals surface area contributed by atoms with E-state index in [9.17, 15) is 0 Å². The molecule has 2 aromatic carbocycles. The highest BCUT2D eigenvalue weighted by Crippen LogP contribution is 2.36. The molecule has 3 rings (SSSR count). The van der Waals surface area contributed by atoms with E-state index < -0.39 is 0 Å². The summed E-state index contributed by atoms with van der Waals surface area (Å²) in [6.45, 7) is 0. The number of benzene rings is 2. The molecule has 0 saturated heterocycles. The third kappa shape index (κ3) is 2.88. The molecule has 3 heteroatoms. The summed E-state index contributed by atoms with van der Waals surface area (Å²) < 4.78 is 0.829. The first-order chi connectivity index (χ1) is 9.33. The van der Waals surface area contributed by atoms with Crippen molar-refractivity contribution in [2.45, 2.75) is 5.25 Å². The maximum atomic E-state index is 5.37. The van der Waals surface area contributed by atoms with Crippen LogP contribution in [0.5, 0.6) is 0 Å². The third-order valence-corrected chi connectivity index (χ3v) is 4.37. The van der Waals surface area contributed by atoms with Crippen LogP contribution in [0.15, 0.2) is 66.7 Å². The molecular formula is C16H13NS2. The Balaban J connectivity index is 1.97. The van der Waals surface area contributed by atoms with E-state index in [4.69, 9.17) is 12.2 Å². The van der Waals surface area contributed by atoms with Crippen LogP contribution in [0.1, 0.15) is 16.4 Å². The fourth-order valence-corrected chi connectivity index (χ4v) is 3.39. The van der Waals surface area contributed by atoms with Gasteiger partial charge < -0.3 is 5.32 Å². The van der Waals surface area contributed by atoms with E-state index in [1.54, 1.807) is 11.8 Å². The van der Waals surface area contributed by atoms with Gasteiger partial charge in [0.15, 0.2) is 0 Å². The Labute approximate surface area is 122 Å². The van der Waals surface area contributed by atoms with Gasteiger partial charge in [-0.05, 0) is 17.2 Å². The van der Waals surface area contributed by atoms with E-state index in [1.165, 1.54) is 11.1 Å². The number of nitrogens with one attached hydrogen (secondary N) is 1. The maximum absolute atomic E-state index is 5.37. The predicted molar refractivity (Wildman–Crippen MR) is 86.9 cm³/mol. The highest BCUT2D eigenvalue weighted by Gasteiger charge is 2.19. The minimum Gasteiger partial charge on any atom is -0.341 e. The van der Waals surface area contributed by atoms with Crippen molar-refractivity contribution in [1.29, 1.82) is 0 Å². The van der Waals surface area contributed by atoms with E-state index >= 15 is 0 Å². The van der Waals surface area contributed by atoms with Gasteiger partial charge >= 0.3 is 0 Å². The molecule has 0 aromatic heterocycles. The summed E-state index contributed by atoms with van der Waals surface area (Å²) in [5, 5.41) is 3.57. The summed E-state index contributed by atoms with van der Waals surface area (Å²) in [6, 6.07) is 20.8. The van der Waals surface area contributed by atoms with Gasteiger partial charge in [0.1, 0.15) is 4.32 Å². The van der Waals surface area contributed by atoms with Gasteiger partial charge in [-0.2, -0.15) is 0 Å². The first-order valence-corrected chi connectivity index (χ1v) is 7.41. The van der Waals surface area contributed by atoms with E-state index in [1.807, 2.05) is 24.3 Å². The van der Waals surface area contributed by atoms with Crippen LogP contribution in [0.4, 0.5) is 0 Å². The quantitative estimate of drug-likeness (QED) is 0.821. The molecular weight excluding hydrogens is 270 g/mol. The number of rotatable bonds is 2. The highest BCUT2D eigenvalue weighted by molar-refractivity contribution is 8.23. The smallest absolute Gasteiger partial charge is 0.139 e. The molecule has 1 N–H and O–H groups in total. The van der Waals surface area contributed by atoms with Crippen molar-refractivity contribution >= 4 is 34.0 Å². The van der Waals surface area contributed by atoms with E-state index in [0.29, 0.717) is 0 Å². The molecule has 0 unspecified atom stereocenters. The minimum absolute atomic E-state index is 0.283. The Bertz CT molecular complexity index is 605. The lowest BCUT2D eigenvalue weighted by molar-refractivity contribution is 1.19. The van der Waals surface area contributed by atoms with Crippen molar-refractivity contribution in [3.63, 3.8) is 0 Å². The monoisotopic (exact) mass is 283 g/mol. The Morgan fingerprint density at radius 1 is 0.895 bits per heavy atom. The Morgan fingerprint density at radius 3 is 2.21 bits per heavy atom. The van der Waals surface area contributed by atoms with Gasteiger partial charge in [-0.1, -0.05) is 84.6 Å². The SMILES string of the molecule is S=C1NC(c2ccccc2)=C[C@@H](c2ccccc2)S1. The van der Waals surface area contributed by atoms with Crippen molar-refractivity contribution < 1.29 is 0 Å². The van der Waals surface area contributed by atoms with Crippen molar-refractivity contribution in [1.82, 2.24) is 5.32 Å². The second kappa shape index (κ2) is 5.59. The maximum Gasteiger partial charge on any atom is 0.139 e. The molecule has 1 atom stereocenters. The zero-order chi connectivity index (χ0) is 13.1. The van der Waals surface area contributed by atoms with Crippen molar-refractivity contribution in [3.8, 4) is 0 Å². The molecule has 19 heavy (non-hydrogen) atoms. The zero-order valence-electron chi connectivity index (χ0n) is 10.2. The summed E-state index contributed by atoms with van der Waals surface area (Å²) >= 11 is 7.05. The molecule has 1 aliphatic heterocycles. The molecule has 0 fully saturated rings. The molecule has 1 nitrogen and oxygen atoms in total. The lowest BCUT2D eigenvalue weighted by Gasteiger charge is -2.23. The van der Waals surface area contributed by atoms with Gasteiger partial charge in [0.2, 0.25) is 0 Å². The van der Waals surface area contributed by atoms with Crippen molar-refractivity contribution in [2.24, 2.45) is 0 Å². The minimum atomic E-state index is 0.283. The van der Waals surface area contributed by atoms with Crippen LogP contribution >= 0.6 is 24.0 Å². The van der Waals surface area contributed by atoms with E-state index in [-0.39, 0.29) is 5.25 Å². The molecule has 0 radical (unpaired) electrons. The van der Waals surface area contributed by atoms with Gasteiger partial charge in [0.25, 0.3) is 0 Å². The summed E-state index contributed by atoms with van der Waals surface area (Å²) in [5.41, 5.74) is 3.55. The van der Waals surface area contributed by atoms with Crippen LogP contribution < -0.4 is 5.32 Å². The van der Waals surface area contributed by atoms with Crippen LogP contribution in [0.25, 0.3) is 5.70 Å². The standard InChI is InChI=1S/C16H13NS2/c18-16-17-14(12-7-3-1-4-8-12)11-15(19-16)13-9-5-2-6-10-13/h1-11,15H,(H,17,18)/t15-/m0/s1. The molecule has 0 spiro atoms. The van der Waals surface area contributed by atoms with Gasteiger partial charge in [-0.3, -0.25) is 0 Å². The summed E-state index contributed by atoms with van der Waals surface area (Å²) in [4.78, 5) is 0. The molecule has 0 saturated carbocycles. The fourth-order valence-electron chi connectivity index (χ4n) is 2.07. The molecule has 1 aliphatic rings. The second-order valence-corrected chi connectivity index (χ2v) is 6.13. The van der Waals surface area contributed by atoms with Crippen molar-refractivity contribution in [2.75, 3.05) is 0 Å². The van der Waals surface area contributed by atoms with Crippen LogP contribution in [0.3, 0.4) is 0 Å². The Kier molecular flexibility index (Phi) is 3.67. The molecule has 1 heterocycles. The van der Waals surface area contributed by atoms with Gasteiger partial charge in [-0.25, -0.2) is 0 Å². The van der Waals surface area contributed by atoms with E-state index in [0.717, 1.165) is 10.0 Å². The molecule has 94 valence electrons. The number of thioether (sulfide) groups is 1. The lowest BCUT2D eigenvalue weighted by Crippen LogP contribution is -2.22. The van der Waals surface area contributed by atoms with Crippen LogP contribution in [-0.4, -0.2) is 4.32 Å². The average molecular weight is 283 g/mol. The predicted octanol–water partition coefficient (Wildman–Crippen LogP) is 4.39. The van der Waals surface area contributed by atoms with E-state index in [2.05, 4.69) is 47.8 Å². The van der Waals surface area contributed by atoms with Crippen LogP contribution in [0, 0.1) is 0 Å². The van der Waals surface area contributed by atoms with Crippen LogP contribution in [0.2, 0.25) is 0 Å². The van der Waals surface area contributed by atoms with Gasteiger partial charge in [0.05, 0.1) is 5.25 Å². The van der Waals surface area contributed by atoms with Crippen LogP contribution in [-0.2, 0) is 0 Å². The number of hydrogen-bond donors (Lipinski definition) is 1. The molecule has 0 amide bonds. The van der Waals surface area contributed by atoms with Gasteiger partial charge in [0, 0.05) is 5.70 Å². The first-order valence-electron chi connectivity index (χ1n) is 6.13.